The number of carbonyl (C=O) groups excluding carboxylic acids is 1. The van der Waals surface area contributed by atoms with Crippen LogP contribution in [-0.2, 0) is 4.74 Å². The third-order valence-corrected chi connectivity index (χ3v) is 5.94. The van der Waals surface area contributed by atoms with E-state index in [0.717, 1.165) is 11.3 Å². The smallest absolute Gasteiger partial charge is 0.407 e. The lowest BCUT2D eigenvalue weighted by Crippen LogP contribution is -2.26. The summed E-state index contributed by atoms with van der Waals surface area (Å²) in [5.41, 5.74) is 12.5. The molecule has 1 aliphatic rings. The number of nitrogens with one attached hydrogen (secondary N) is 1. The summed E-state index contributed by atoms with van der Waals surface area (Å²) in [5, 5.41) is 15.8. The summed E-state index contributed by atoms with van der Waals surface area (Å²) in [6.07, 6.45) is 0.928. The van der Waals surface area contributed by atoms with Crippen LogP contribution in [0.1, 0.15) is 28.2 Å². The van der Waals surface area contributed by atoms with Crippen molar-refractivity contribution in [3.8, 4) is 34.7 Å². The van der Waals surface area contributed by atoms with Gasteiger partial charge in [-0.05, 0) is 46.5 Å². The summed E-state index contributed by atoms with van der Waals surface area (Å²) in [7, 11) is 0. The van der Waals surface area contributed by atoms with Crippen LogP contribution in [-0.4, -0.2) is 29.0 Å². The first-order valence-corrected chi connectivity index (χ1v) is 11.1. The van der Waals surface area contributed by atoms with Crippen molar-refractivity contribution in [3.05, 3.63) is 101 Å². The number of aromatic nitrogens is 2. The quantitative estimate of drug-likeness (QED) is 0.445. The Kier molecular flexibility index (Phi) is 5.90. The number of nitrogen functional groups attached to an aromatic ring is 1. The number of alkyl carbamates (subject to hydrolysis) is 1. The van der Waals surface area contributed by atoms with Gasteiger partial charge in [0.05, 0.1) is 18.4 Å². The second-order valence-electron chi connectivity index (χ2n) is 7.99. The predicted molar refractivity (Wildman–Crippen MR) is 133 cm³/mol. The van der Waals surface area contributed by atoms with Crippen LogP contribution in [0.25, 0.3) is 16.8 Å². The number of amides is 1. The zero-order valence-electron chi connectivity index (χ0n) is 18.7. The lowest BCUT2D eigenvalue weighted by atomic mass is 9.98. The Morgan fingerprint density at radius 2 is 1.69 bits per heavy atom. The Morgan fingerprint density at radius 3 is 2.31 bits per heavy atom. The number of rotatable bonds is 4. The molecular formula is C28H21N5O2. The Hall–Kier alpha value is -5.01. The molecule has 5 rings (SSSR count). The molecule has 0 bridgehead atoms. The predicted octanol–water partition coefficient (Wildman–Crippen LogP) is 4.22. The Morgan fingerprint density at radius 1 is 1.03 bits per heavy atom. The van der Waals surface area contributed by atoms with Gasteiger partial charge in [0.1, 0.15) is 24.1 Å². The third-order valence-electron chi connectivity index (χ3n) is 5.94. The van der Waals surface area contributed by atoms with E-state index in [1.165, 1.54) is 33.1 Å². The molecular weight excluding hydrogens is 438 g/mol. The van der Waals surface area contributed by atoms with E-state index in [2.05, 4.69) is 46.5 Å². The zero-order chi connectivity index (χ0) is 24.2. The molecule has 1 amide bonds. The first-order chi connectivity index (χ1) is 17.2. The van der Waals surface area contributed by atoms with Gasteiger partial charge in [-0.15, -0.1) is 0 Å². The van der Waals surface area contributed by atoms with E-state index < -0.39 is 6.09 Å². The number of carbonyl (C=O) groups is 1. The largest absolute Gasteiger partial charge is 0.449 e. The van der Waals surface area contributed by atoms with E-state index in [1.54, 1.807) is 0 Å². The Bertz CT molecular complexity index is 1460. The fourth-order valence-corrected chi connectivity index (χ4v) is 4.25. The van der Waals surface area contributed by atoms with Crippen LogP contribution < -0.4 is 11.1 Å². The van der Waals surface area contributed by atoms with Gasteiger partial charge in [-0.3, -0.25) is 0 Å². The molecule has 3 aromatic carbocycles. The van der Waals surface area contributed by atoms with Crippen LogP contribution >= 0.6 is 0 Å². The van der Waals surface area contributed by atoms with E-state index >= 15 is 0 Å². The molecule has 4 aromatic rings. The Labute approximate surface area is 202 Å². The summed E-state index contributed by atoms with van der Waals surface area (Å²) in [6, 6.07) is 25.7. The third kappa shape index (κ3) is 4.31. The van der Waals surface area contributed by atoms with E-state index in [1.807, 2.05) is 54.6 Å². The van der Waals surface area contributed by atoms with Crippen molar-refractivity contribution in [1.29, 1.82) is 5.26 Å². The normalized spacial score (nSPS) is 11.5. The molecule has 170 valence electrons. The molecule has 0 atom stereocenters. The van der Waals surface area contributed by atoms with Crippen LogP contribution in [0.2, 0.25) is 0 Å². The number of benzene rings is 3. The second kappa shape index (κ2) is 9.46. The van der Waals surface area contributed by atoms with Crippen LogP contribution in [0.5, 0.6) is 0 Å². The monoisotopic (exact) mass is 459 g/mol. The number of ether oxygens (including phenoxy) is 1. The molecule has 0 unspecified atom stereocenters. The highest BCUT2D eigenvalue weighted by molar-refractivity contribution is 5.79. The fourth-order valence-electron chi connectivity index (χ4n) is 4.25. The van der Waals surface area contributed by atoms with E-state index in [0.29, 0.717) is 11.4 Å². The Balaban J connectivity index is 1.15. The van der Waals surface area contributed by atoms with Gasteiger partial charge in [-0.2, -0.15) is 10.4 Å². The van der Waals surface area contributed by atoms with E-state index in [-0.39, 0.29) is 19.1 Å². The molecule has 1 heterocycles. The van der Waals surface area contributed by atoms with Crippen LogP contribution in [0.3, 0.4) is 0 Å². The van der Waals surface area contributed by atoms with Crippen molar-refractivity contribution >= 4 is 11.9 Å². The van der Waals surface area contributed by atoms with Crippen LogP contribution in [0, 0.1) is 23.2 Å². The first-order valence-electron chi connectivity index (χ1n) is 11.1. The number of nitrogens with zero attached hydrogens (tertiary/aromatic N) is 3. The molecule has 1 aliphatic carbocycles. The average Bonchev–Trinajstić information content (AvgIpc) is 3.43. The molecule has 0 aliphatic heterocycles. The minimum Gasteiger partial charge on any atom is -0.449 e. The minimum absolute atomic E-state index is 0.0193. The van der Waals surface area contributed by atoms with E-state index in [9.17, 15) is 4.79 Å². The summed E-state index contributed by atoms with van der Waals surface area (Å²) in [6.45, 7) is 0.425. The van der Waals surface area contributed by atoms with Gasteiger partial charge in [-0.25, -0.2) is 9.48 Å². The number of fused-ring (bicyclic) bond motifs is 3. The van der Waals surface area contributed by atoms with Gasteiger partial charge < -0.3 is 15.8 Å². The SMILES string of the molecule is N#Cc1cnn(-c2ccc(C#CCNC(=O)OCC3c4ccccc4-c4ccccc43)cc2)c1N. The van der Waals surface area contributed by atoms with Gasteiger partial charge >= 0.3 is 6.09 Å². The maximum atomic E-state index is 12.2. The van der Waals surface area contributed by atoms with Crippen molar-refractivity contribution in [2.24, 2.45) is 0 Å². The molecule has 0 spiro atoms. The number of anilines is 1. The van der Waals surface area contributed by atoms with E-state index in [4.69, 9.17) is 15.7 Å². The second-order valence-corrected chi connectivity index (χ2v) is 7.99. The molecule has 0 radical (unpaired) electrons. The number of nitriles is 1. The zero-order valence-corrected chi connectivity index (χ0v) is 18.7. The number of hydrogen-bond donors (Lipinski definition) is 2. The molecule has 0 saturated heterocycles. The van der Waals surface area contributed by atoms with Crippen LogP contribution in [0.15, 0.2) is 79.0 Å². The van der Waals surface area contributed by atoms with Crippen molar-refractivity contribution in [3.63, 3.8) is 0 Å². The van der Waals surface area contributed by atoms with Gasteiger partial charge in [0.25, 0.3) is 0 Å². The van der Waals surface area contributed by atoms with Gasteiger partial charge in [-0.1, -0.05) is 60.4 Å². The van der Waals surface area contributed by atoms with Gasteiger partial charge in [0.2, 0.25) is 0 Å². The molecule has 35 heavy (non-hydrogen) atoms. The highest BCUT2D eigenvalue weighted by atomic mass is 16.5. The molecule has 7 nitrogen and oxygen atoms in total. The van der Waals surface area contributed by atoms with Crippen LogP contribution in [0.4, 0.5) is 10.6 Å². The summed E-state index contributed by atoms with van der Waals surface area (Å²) >= 11 is 0. The number of nitrogens with two attached hydrogens (primary N) is 1. The summed E-state index contributed by atoms with van der Waals surface area (Å²) in [5.74, 6) is 6.23. The maximum absolute atomic E-state index is 12.2. The molecule has 0 saturated carbocycles. The molecule has 3 N–H and O–H groups in total. The highest BCUT2D eigenvalue weighted by Gasteiger charge is 2.28. The maximum Gasteiger partial charge on any atom is 0.407 e. The average molecular weight is 460 g/mol. The highest BCUT2D eigenvalue weighted by Crippen LogP contribution is 2.44. The summed E-state index contributed by atoms with van der Waals surface area (Å²) < 4.78 is 7.01. The van der Waals surface area contributed by atoms with Crippen molar-refractivity contribution in [1.82, 2.24) is 15.1 Å². The molecule has 1 aromatic heterocycles. The van der Waals surface area contributed by atoms with Crippen molar-refractivity contribution in [2.45, 2.75) is 5.92 Å². The molecule has 0 fully saturated rings. The first kappa shape index (κ1) is 21.8. The lowest BCUT2D eigenvalue weighted by molar-refractivity contribution is 0.144. The van der Waals surface area contributed by atoms with Crippen molar-refractivity contribution in [2.75, 3.05) is 18.9 Å². The number of hydrogen-bond acceptors (Lipinski definition) is 5. The van der Waals surface area contributed by atoms with Gasteiger partial charge in [0, 0.05) is 11.5 Å². The molecule has 7 heteroatoms. The topological polar surface area (TPSA) is 106 Å². The minimum atomic E-state index is -0.501. The standard InChI is InChI=1S/C28H21N5O2/c29-16-20-17-32-33(27(20)30)21-13-11-19(12-14-21)6-5-15-31-28(34)35-18-26-24-9-3-1-7-22(24)23-8-2-4-10-25(23)26/h1-4,7-14,17,26H,15,18,30H2,(H,31,34). The fraction of sp³-hybridized carbons (Fsp3) is 0.107. The van der Waals surface area contributed by atoms with Crippen molar-refractivity contribution < 1.29 is 9.53 Å². The lowest BCUT2D eigenvalue weighted by Gasteiger charge is -2.14. The summed E-state index contributed by atoms with van der Waals surface area (Å²) in [4.78, 5) is 12.2. The van der Waals surface area contributed by atoms with Gasteiger partial charge in [0.15, 0.2) is 0 Å².